The van der Waals surface area contributed by atoms with Gasteiger partial charge in [0.2, 0.25) is 0 Å². The first-order chi connectivity index (χ1) is 15.9. The molecule has 7 nitrogen and oxygen atoms in total. The van der Waals surface area contributed by atoms with Gasteiger partial charge in [-0.15, -0.1) is 0 Å². The summed E-state index contributed by atoms with van der Waals surface area (Å²) in [6, 6.07) is 13.7. The molecule has 0 amide bonds. The monoisotopic (exact) mass is 553 g/mol. The zero-order valence-electron chi connectivity index (χ0n) is 18.5. The minimum absolute atomic E-state index is 0.137. The smallest absolute Gasteiger partial charge is 0.347 e. The van der Waals surface area contributed by atoms with Crippen molar-refractivity contribution in [2.45, 2.75) is 20.4 Å². The molecule has 3 heterocycles. The molecular formula is C24H21BIN3O4. The van der Waals surface area contributed by atoms with Crippen LogP contribution in [-0.4, -0.2) is 35.0 Å². The largest absolute Gasteiger partial charge is 0.462 e. The second-order valence-electron chi connectivity index (χ2n) is 7.68. The van der Waals surface area contributed by atoms with Crippen LogP contribution in [-0.2, 0) is 11.3 Å². The Morgan fingerprint density at radius 1 is 1.09 bits per heavy atom. The molecule has 0 saturated carbocycles. The highest BCUT2D eigenvalue weighted by molar-refractivity contribution is 14.1. The molecule has 0 saturated heterocycles. The Labute approximate surface area is 205 Å². The summed E-state index contributed by atoms with van der Waals surface area (Å²) in [7, 11) is 1.94. The Hall–Kier alpha value is -3.21. The zero-order valence-corrected chi connectivity index (χ0v) is 20.6. The second-order valence-corrected chi connectivity index (χ2v) is 8.12. The summed E-state index contributed by atoms with van der Waals surface area (Å²) >= 11 is 1.68. The van der Waals surface area contributed by atoms with Crippen molar-refractivity contribution in [3.05, 3.63) is 82.0 Å². The van der Waals surface area contributed by atoms with Crippen molar-refractivity contribution in [3.63, 3.8) is 0 Å². The van der Waals surface area contributed by atoms with Crippen LogP contribution in [0.1, 0.15) is 28.5 Å². The molecular weight excluding hydrogens is 532 g/mol. The highest BCUT2D eigenvalue weighted by atomic mass is 127. The SMILES string of the molecule is Bc1ccc(Cn2c(=O)c(C(=O)OCC)c(OI)c3cc(-c4ccc(C)cc4)cnc32)nc1. The Balaban J connectivity index is 1.99. The molecule has 0 bridgehead atoms. The standard InChI is InChI=1S/C24H21BIN3O4/c1-3-32-24(31)20-21(33-26)19-10-16(15-6-4-14(2)5-7-15)11-28-22(19)29(23(20)30)13-18-9-8-17(25)12-27-18/h4-12H,3,13,25H2,1-2H3. The van der Waals surface area contributed by atoms with Crippen molar-refractivity contribution >= 4 is 53.3 Å². The molecule has 0 fully saturated rings. The summed E-state index contributed by atoms with van der Waals surface area (Å²) in [5, 5.41) is 0.539. The Kier molecular flexibility index (Phi) is 6.78. The van der Waals surface area contributed by atoms with Gasteiger partial charge in [0.1, 0.15) is 13.5 Å². The summed E-state index contributed by atoms with van der Waals surface area (Å²) in [6.45, 7) is 4.00. The maximum Gasteiger partial charge on any atom is 0.347 e. The highest BCUT2D eigenvalue weighted by Crippen LogP contribution is 2.32. The summed E-state index contributed by atoms with van der Waals surface area (Å²) < 4.78 is 12.2. The third-order valence-corrected chi connectivity index (χ3v) is 5.73. The van der Waals surface area contributed by atoms with Gasteiger partial charge < -0.3 is 7.80 Å². The van der Waals surface area contributed by atoms with Gasteiger partial charge in [-0.2, -0.15) is 0 Å². The normalized spacial score (nSPS) is 10.9. The van der Waals surface area contributed by atoms with E-state index in [1.807, 2.05) is 57.2 Å². The van der Waals surface area contributed by atoms with Crippen LogP contribution >= 0.6 is 23.0 Å². The lowest BCUT2D eigenvalue weighted by Crippen LogP contribution is -2.29. The van der Waals surface area contributed by atoms with Crippen LogP contribution < -0.4 is 14.1 Å². The van der Waals surface area contributed by atoms with Gasteiger partial charge in [-0.25, -0.2) is 9.78 Å². The average Bonchev–Trinajstić information content (AvgIpc) is 2.82. The third kappa shape index (κ3) is 4.63. The molecule has 9 heteroatoms. The number of aromatic nitrogens is 3. The van der Waals surface area contributed by atoms with E-state index in [-0.39, 0.29) is 24.5 Å². The summed E-state index contributed by atoms with van der Waals surface area (Å²) in [6.07, 6.45) is 3.45. The van der Waals surface area contributed by atoms with E-state index in [1.165, 1.54) is 4.57 Å². The Morgan fingerprint density at radius 2 is 1.85 bits per heavy atom. The van der Waals surface area contributed by atoms with Gasteiger partial charge in [-0.3, -0.25) is 14.3 Å². The van der Waals surface area contributed by atoms with Crippen LogP contribution in [0.4, 0.5) is 0 Å². The number of fused-ring (bicyclic) bond motifs is 1. The predicted octanol–water partition coefficient (Wildman–Crippen LogP) is 2.98. The van der Waals surface area contributed by atoms with Crippen molar-refractivity contribution < 1.29 is 12.6 Å². The number of carbonyl (C=O) groups excluding carboxylic acids is 1. The first kappa shape index (κ1) is 23.0. The molecule has 0 aliphatic carbocycles. The first-order valence-corrected chi connectivity index (χ1v) is 11.3. The molecule has 0 spiro atoms. The van der Waals surface area contributed by atoms with Gasteiger partial charge in [0.05, 0.1) is 24.2 Å². The molecule has 166 valence electrons. The van der Waals surface area contributed by atoms with Crippen molar-refractivity contribution in [3.8, 4) is 16.9 Å². The van der Waals surface area contributed by atoms with Gasteiger partial charge in [0, 0.05) is 18.0 Å². The van der Waals surface area contributed by atoms with Gasteiger partial charge in [0.25, 0.3) is 5.56 Å². The second kappa shape index (κ2) is 9.74. The summed E-state index contributed by atoms with van der Waals surface area (Å²) in [4.78, 5) is 35.3. The number of benzene rings is 1. The number of rotatable bonds is 6. The van der Waals surface area contributed by atoms with Crippen molar-refractivity contribution in [2.24, 2.45) is 0 Å². The minimum atomic E-state index is -0.734. The lowest BCUT2D eigenvalue weighted by molar-refractivity contribution is 0.0522. The molecule has 4 aromatic rings. The van der Waals surface area contributed by atoms with Gasteiger partial charge in [-0.1, -0.05) is 41.4 Å². The van der Waals surface area contributed by atoms with Crippen LogP contribution in [0.3, 0.4) is 0 Å². The maximum atomic E-state index is 13.5. The molecule has 0 atom stereocenters. The Bertz CT molecular complexity index is 1390. The van der Waals surface area contributed by atoms with E-state index in [1.54, 1.807) is 42.3 Å². The van der Waals surface area contributed by atoms with Gasteiger partial charge in [-0.05, 0) is 31.5 Å². The van der Waals surface area contributed by atoms with Crippen molar-refractivity contribution in [1.82, 2.24) is 14.5 Å². The highest BCUT2D eigenvalue weighted by Gasteiger charge is 2.26. The number of hydrogen-bond donors (Lipinski definition) is 0. The van der Waals surface area contributed by atoms with Crippen LogP contribution in [0.2, 0.25) is 0 Å². The van der Waals surface area contributed by atoms with Gasteiger partial charge in [0.15, 0.2) is 34.3 Å². The number of ether oxygens (including phenoxy) is 1. The van der Waals surface area contributed by atoms with Crippen molar-refractivity contribution in [1.29, 1.82) is 0 Å². The fourth-order valence-corrected chi connectivity index (χ4v) is 4.03. The number of aryl methyl sites for hydroxylation is 1. The molecule has 0 N–H and O–H groups in total. The molecule has 33 heavy (non-hydrogen) atoms. The number of nitrogens with zero attached hydrogens (tertiary/aromatic N) is 3. The third-order valence-electron chi connectivity index (χ3n) is 5.29. The summed E-state index contributed by atoms with van der Waals surface area (Å²) in [5.41, 5.74) is 4.34. The summed E-state index contributed by atoms with van der Waals surface area (Å²) in [5.74, 6) is -0.592. The number of carbonyl (C=O) groups is 1. The molecule has 0 radical (unpaired) electrons. The number of halogens is 1. The fourth-order valence-electron chi connectivity index (χ4n) is 3.57. The van der Waals surface area contributed by atoms with Crippen LogP contribution in [0.25, 0.3) is 22.2 Å². The number of hydrogen-bond acceptors (Lipinski definition) is 6. The van der Waals surface area contributed by atoms with E-state index in [9.17, 15) is 9.59 Å². The molecule has 1 aromatic carbocycles. The zero-order chi connectivity index (χ0) is 23.5. The fraction of sp³-hybridized carbons (Fsp3) is 0.167. The minimum Gasteiger partial charge on any atom is -0.462 e. The number of pyridine rings is 3. The topological polar surface area (TPSA) is 83.3 Å². The van der Waals surface area contributed by atoms with Crippen LogP contribution in [0.15, 0.2) is 59.7 Å². The van der Waals surface area contributed by atoms with E-state index in [0.29, 0.717) is 16.7 Å². The van der Waals surface area contributed by atoms with Crippen LogP contribution in [0.5, 0.6) is 5.75 Å². The molecule has 0 aliphatic rings. The molecule has 4 rings (SSSR count). The van der Waals surface area contributed by atoms with E-state index in [0.717, 1.165) is 22.2 Å². The predicted molar refractivity (Wildman–Crippen MR) is 138 cm³/mol. The lowest BCUT2D eigenvalue weighted by Gasteiger charge is -2.16. The average molecular weight is 553 g/mol. The lowest BCUT2D eigenvalue weighted by atomic mass is 9.99. The van der Waals surface area contributed by atoms with Crippen LogP contribution in [0, 0.1) is 6.92 Å². The van der Waals surface area contributed by atoms with Gasteiger partial charge >= 0.3 is 5.97 Å². The van der Waals surface area contributed by atoms with Crippen molar-refractivity contribution in [2.75, 3.05) is 6.61 Å². The number of esters is 1. The Morgan fingerprint density at radius 3 is 2.48 bits per heavy atom. The molecule has 0 unspecified atom stereocenters. The molecule has 3 aromatic heterocycles. The van der Waals surface area contributed by atoms with E-state index < -0.39 is 11.5 Å². The maximum absolute atomic E-state index is 13.5. The van der Waals surface area contributed by atoms with E-state index in [4.69, 9.17) is 7.80 Å². The first-order valence-electron chi connectivity index (χ1n) is 10.4. The molecule has 0 aliphatic heterocycles. The van der Waals surface area contributed by atoms with E-state index in [2.05, 4.69) is 9.97 Å². The van der Waals surface area contributed by atoms with E-state index >= 15 is 0 Å². The quantitative estimate of drug-likeness (QED) is 0.208.